The molecule has 0 saturated carbocycles. The molecule has 0 aliphatic carbocycles. The van der Waals surface area contributed by atoms with Gasteiger partial charge in [-0.1, -0.05) is 19.1 Å². The quantitative estimate of drug-likeness (QED) is 0.800. The Bertz CT molecular complexity index is 514. The van der Waals surface area contributed by atoms with Crippen molar-refractivity contribution in [2.75, 3.05) is 32.6 Å². The molecule has 0 aliphatic rings. The lowest BCUT2D eigenvalue weighted by atomic mass is 10.1. The Morgan fingerprint density at radius 3 is 2.65 bits per heavy atom. The molecular formula is C14H24N2O2S2. The summed E-state index contributed by atoms with van der Waals surface area (Å²) >= 11 is 1.64. The lowest BCUT2D eigenvalue weighted by Gasteiger charge is -2.19. The molecule has 1 unspecified atom stereocenters. The minimum Gasteiger partial charge on any atom is -0.313 e. The number of thioether (sulfide) groups is 1. The van der Waals surface area contributed by atoms with Crippen LogP contribution in [0.25, 0.3) is 0 Å². The standard InChI is InChI=1S/C14H24N2O2S2/c1-5-14(15-2)12-7-6-8-13(11-12)20(17,18)16(3)9-10-19-4/h6-8,11,14-15H,5,9-10H2,1-4H3. The van der Waals surface area contributed by atoms with E-state index in [9.17, 15) is 8.42 Å². The molecule has 1 rings (SSSR count). The van der Waals surface area contributed by atoms with Crippen LogP contribution in [0.1, 0.15) is 24.9 Å². The molecule has 1 aromatic rings. The second kappa shape index (κ2) is 8.02. The average Bonchev–Trinajstić information content (AvgIpc) is 2.46. The van der Waals surface area contributed by atoms with E-state index in [0.717, 1.165) is 17.7 Å². The van der Waals surface area contributed by atoms with Crippen molar-refractivity contribution in [3.63, 3.8) is 0 Å². The first-order valence-corrected chi connectivity index (χ1v) is 9.53. The number of rotatable bonds is 8. The fourth-order valence-corrected chi connectivity index (χ4v) is 3.82. The smallest absolute Gasteiger partial charge is 0.242 e. The highest BCUT2D eigenvalue weighted by molar-refractivity contribution is 7.98. The summed E-state index contributed by atoms with van der Waals surface area (Å²) in [7, 11) is 0.130. The van der Waals surface area contributed by atoms with Crippen LogP contribution in [0, 0.1) is 0 Å². The second-order valence-corrected chi connectivity index (χ2v) is 7.67. The Morgan fingerprint density at radius 2 is 2.10 bits per heavy atom. The average molecular weight is 316 g/mol. The van der Waals surface area contributed by atoms with Crippen molar-refractivity contribution in [2.45, 2.75) is 24.3 Å². The summed E-state index contributed by atoms with van der Waals surface area (Å²) in [6.07, 6.45) is 2.89. The molecular weight excluding hydrogens is 292 g/mol. The van der Waals surface area contributed by atoms with E-state index in [4.69, 9.17) is 0 Å². The molecule has 1 N–H and O–H groups in total. The highest BCUT2D eigenvalue weighted by Crippen LogP contribution is 2.21. The lowest BCUT2D eigenvalue weighted by Crippen LogP contribution is -2.29. The normalized spacial score (nSPS) is 13.7. The monoisotopic (exact) mass is 316 g/mol. The molecule has 114 valence electrons. The maximum absolute atomic E-state index is 12.5. The van der Waals surface area contributed by atoms with Crippen molar-refractivity contribution in [2.24, 2.45) is 0 Å². The maximum atomic E-state index is 12.5. The van der Waals surface area contributed by atoms with Crippen molar-refractivity contribution in [3.05, 3.63) is 29.8 Å². The first-order valence-electron chi connectivity index (χ1n) is 6.69. The Balaban J connectivity index is 3.04. The largest absolute Gasteiger partial charge is 0.313 e. The van der Waals surface area contributed by atoms with E-state index in [2.05, 4.69) is 12.2 Å². The van der Waals surface area contributed by atoms with Crippen molar-refractivity contribution >= 4 is 21.8 Å². The highest BCUT2D eigenvalue weighted by atomic mass is 32.2. The number of nitrogens with one attached hydrogen (secondary N) is 1. The van der Waals surface area contributed by atoms with Crippen LogP contribution in [0.15, 0.2) is 29.2 Å². The SMILES string of the molecule is CCC(NC)c1cccc(S(=O)(=O)N(C)CCSC)c1. The summed E-state index contributed by atoms with van der Waals surface area (Å²) in [6.45, 7) is 2.60. The summed E-state index contributed by atoms with van der Waals surface area (Å²) in [5, 5.41) is 3.20. The first kappa shape index (κ1) is 17.5. The van der Waals surface area contributed by atoms with Crippen LogP contribution in [0.3, 0.4) is 0 Å². The second-order valence-electron chi connectivity index (χ2n) is 4.64. The van der Waals surface area contributed by atoms with Crippen molar-refractivity contribution in [3.8, 4) is 0 Å². The molecule has 0 aromatic heterocycles. The van der Waals surface area contributed by atoms with Gasteiger partial charge in [0, 0.05) is 25.4 Å². The van der Waals surface area contributed by atoms with Gasteiger partial charge in [-0.05, 0) is 37.4 Å². The van der Waals surface area contributed by atoms with Crippen molar-refractivity contribution in [1.29, 1.82) is 0 Å². The fraction of sp³-hybridized carbons (Fsp3) is 0.571. The van der Waals surface area contributed by atoms with Gasteiger partial charge < -0.3 is 5.32 Å². The van der Waals surface area contributed by atoms with Gasteiger partial charge in [-0.15, -0.1) is 0 Å². The molecule has 0 fully saturated rings. The van der Waals surface area contributed by atoms with Crippen molar-refractivity contribution in [1.82, 2.24) is 9.62 Å². The van der Waals surface area contributed by atoms with E-state index >= 15 is 0 Å². The van der Waals surface area contributed by atoms with Gasteiger partial charge in [0.15, 0.2) is 0 Å². The highest BCUT2D eigenvalue weighted by Gasteiger charge is 2.21. The van der Waals surface area contributed by atoms with E-state index < -0.39 is 10.0 Å². The van der Waals surface area contributed by atoms with Crippen molar-refractivity contribution < 1.29 is 8.42 Å². The van der Waals surface area contributed by atoms with E-state index in [1.165, 1.54) is 4.31 Å². The summed E-state index contributed by atoms with van der Waals surface area (Å²) in [5.41, 5.74) is 1.01. The number of nitrogens with zero attached hydrogens (tertiary/aromatic N) is 1. The van der Waals surface area contributed by atoms with Crippen LogP contribution in [-0.2, 0) is 10.0 Å². The molecule has 0 radical (unpaired) electrons. The molecule has 20 heavy (non-hydrogen) atoms. The van der Waals surface area contributed by atoms with Gasteiger partial charge in [0.25, 0.3) is 0 Å². The van der Waals surface area contributed by atoms with Gasteiger partial charge in [-0.25, -0.2) is 12.7 Å². The van der Waals surface area contributed by atoms with Crippen LogP contribution in [-0.4, -0.2) is 45.4 Å². The summed E-state index contributed by atoms with van der Waals surface area (Å²) < 4.78 is 26.4. The Labute approximate surface area is 127 Å². The number of benzene rings is 1. The Kier molecular flexibility index (Phi) is 7.02. The zero-order chi connectivity index (χ0) is 15.2. The molecule has 0 saturated heterocycles. The summed E-state index contributed by atoms with van der Waals surface area (Å²) in [5.74, 6) is 0.795. The van der Waals surface area contributed by atoms with E-state index in [1.807, 2.05) is 25.4 Å². The molecule has 0 amide bonds. The van der Waals surface area contributed by atoms with E-state index in [0.29, 0.717) is 11.4 Å². The molecule has 0 bridgehead atoms. The third-order valence-corrected chi connectivity index (χ3v) is 5.78. The summed E-state index contributed by atoms with van der Waals surface area (Å²) in [4.78, 5) is 0.368. The molecule has 0 aliphatic heterocycles. The zero-order valence-electron chi connectivity index (χ0n) is 12.6. The summed E-state index contributed by atoms with van der Waals surface area (Å²) in [6, 6.07) is 7.39. The molecule has 0 heterocycles. The zero-order valence-corrected chi connectivity index (χ0v) is 14.2. The first-order chi connectivity index (χ1) is 9.47. The van der Waals surface area contributed by atoms with Gasteiger partial charge in [0.2, 0.25) is 10.0 Å². The van der Waals surface area contributed by atoms with Crippen LogP contribution in [0.2, 0.25) is 0 Å². The predicted molar refractivity (Wildman–Crippen MR) is 86.7 cm³/mol. The van der Waals surface area contributed by atoms with Gasteiger partial charge in [-0.2, -0.15) is 11.8 Å². The maximum Gasteiger partial charge on any atom is 0.242 e. The molecule has 6 heteroatoms. The minimum absolute atomic E-state index is 0.182. The minimum atomic E-state index is -3.39. The lowest BCUT2D eigenvalue weighted by molar-refractivity contribution is 0.488. The van der Waals surface area contributed by atoms with Crippen LogP contribution in [0.5, 0.6) is 0 Å². The Hall–Kier alpha value is -0.560. The number of hydrogen-bond donors (Lipinski definition) is 1. The topological polar surface area (TPSA) is 49.4 Å². The third kappa shape index (κ3) is 4.22. The van der Waals surface area contributed by atoms with Gasteiger partial charge in [-0.3, -0.25) is 0 Å². The van der Waals surface area contributed by atoms with Crippen LogP contribution >= 0.6 is 11.8 Å². The molecule has 4 nitrogen and oxygen atoms in total. The molecule has 1 atom stereocenters. The van der Waals surface area contributed by atoms with Gasteiger partial charge in [0.1, 0.15) is 0 Å². The Morgan fingerprint density at radius 1 is 1.40 bits per heavy atom. The van der Waals surface area contributed by atoms with Crippen LogP contribution in [0.4, 0.5) is 0 Å². The molecule has 0 spiro atoms. The van der Waals surface area contributed by atoms with E-state index in [1.54, 1.807) is 30.9 Å². The van der Waals surface area contributed by atoms with Gasteiger partial charge >= 0.3 is 0 Å². The predicted octanol–water partition coefficient (Wildman–Crippen LogP) is 2.34. The number of sulfonamides is 1. The third-order valence-electron chi connectivity index (χ3n) is 3.34. The van der Waals surface area contributed by atoms with E-state index in [-0.39, 0.29) is 6.04 Å². The number of hydrogen-bond acceptors (Lipinski definition) is 4. The molecule has 1 aromatic carbocycles. The van der Waals surface area contributed by atoms with Crippen LogP contribution < -0.4 is 5.32 Å². The fourth-order valence-electron chi connectivity index (χ4n) is 2.02. The van der Waals surface area contributed by atoms with Gasteiger partial charge in [0.05, 0.1) is 4.90 Å².